The van der Waals surface area contributed by atoms with Crippen LogP contribution in [0, 0.1) is 5.82 Å². The molecule has 31 heavy (non-hydrogen) atoms. The first-order valence-corrected chi connectivity index (χ1v) is 10.9. The van der Waals surface area contributed by atoms with Gasteiger partial charge in [0, 0.05) is 30.4 Å². The van der Waals surface area contributed by atoms with Gasteiger partial charge >= 0.3 is 5.97 Å². The van der Waals surface area contributed by atoms with E-state index >= 15 is 0 Å². The van der Waals surface area contributed by atoms with Gasteiger partial charge in [-0.2, -0.15) is 4.31 Å². The molecule has 164 valence electrons. The van der Waals surface area contributed by atoms with E-state index in [1.54, 1.807) is 6.07 Å². The van der Waals surface area contributed by atoms with Crippen LogP contribution in [0.1, 0.15) is 5.56 Å². The van der Waals surface area contributed by atoms with E-state index in [1.165, 1.54) is 52.8 Å². The standard InChI is InChI=1S/C21H21FN2O6S/c22-19-7-2-1-4-16(19)8-9-21(26)30-15-20(25)23-17-5-3-6-18(14-17)31(27,28)24-10-12-29-13-11-24/h1-9,14H,10-13,15H2,(H,23,25)/b9-8+. The molecule has 0 bridgehead atoms. The van der Waals surface area contributed by atoms with Gasteiger partial charge in [-0.15, -0.1) is 0 Å². The van der Waals surface area contributed by atoms with E-state index in [-0.39, 0.29) is 29.2 Å². The molecular weight excluding hydrogens is 427 g/mol. The van der Waals surface area contributed by atoms with Crippen molar-refractivity contribution in [2.75, 3.05) is 38.2 Å². The van der Waals surface area contributed by atoms with Crippen molar-refractivity contribution in [2.45, 2.75) is 4.90 Å². The van der Waals surface area contributed by atoms with E-state index in [4.69, 9.17) is 9.47 Å². The lowest BCUT2D eigenvalue weighted by atomic mass is 10.2. The zero-order chi connectivity index (χ0) is 22.3. The molecule has 1 fully saturated rings. The second-order valence-electron chi connectivity index (χ2n) is 6.56. The van der Waals surface area contributed by atoms with Crippen molar-refractivity contribution in [1.82, 2.24) is 4.31 Å². The van der Waals surface area contributed by atoms with Gasteiger partial charge in [0.15, 0.2) is 6.61 Å². The fourth-order valence-corrected chi connectivity index (χ4v) is 4.27. The minimum absolute atomic E-state index is 0.0389. The normalized spacial score (nSPS) is 15.0. The number of carbonyl (C=O) groups is 2. The van der Waals surface area contributed by atoms with Gasteiger partial charge in [0.2, 0.25) is 10.0 Å². The molecule has 0 aliphatic carbocycles. The van der Waals surface area contributed by atoms with Gasteiger partial charge in [-0.1, -0.05) is 24.3 Å². The number of benzene rings is 2. The van der Waals surface area contributed by atoms with Gasteiger partial charge in [-0.25, -0.2) is 17.6 Å². The highest BCUT2D eigenvalue weighted by Crippen LogP contribution is 2.20. The number of amides is 1. The molecule has 0 atom stereocenters. The first-order valence-electron chi connectivity index (χ1n) is 9.43. The quantitative estimate of drug-likeness (QED) is 0.514. The fourth-order valence-electron chi connectivity index (χ4n) is 2.82. The molecule has 1 heterocycles. The summed E-state index contributed by atoms with van der Waals surface area (Å²) in [4.78, 5) is 23.8. The molecule has 1 aliphatic heterocycles. The van der Waals surface area contributed by atoms with Crippen LogP contribution < -0.4 is 5.32 Å². The van der Waals surface area contributed by atoms with Crippen LogP contribution in [-0.2, 0) is 29.1 Å². The summed E-state index contributed by atoms with van der Waals surface area (Å²) in [7, 11) is -3.71. The van der Waals surface area contributed by atoms with E-state index in [0.29, 0.717) is 13.2 Å². The Hall–Kier alpha value is -3.08. The number of hydrogen-bond donors (Lipinski definition) is 1. The van der Waals surface area contributed by atoms with Crippen molar-refractivity contribution >= 4 is 33.7 Å². The second-order valence-corrected chi connectivity index (χ2v) is 8.49. The topological polar surface area (TPSA) is 102 Å². The molecule has 0 spiro atoms. The number of sulfonamides is 1. The highest BCUT2D eigenvalue weighted by Gasteiger charge is 2.26. The van der Waals surface area contributed by atoms with Gasteiger partial charge < -0.3 is 14.8 Å². The number of morpholine rings is 1. The smallest absolute Gasteiger partial charge is 0.331 e. The van der Waals surface area contributed by atoms with Gasteiger partial charge in [-0.3, -0.25) is 4.79 Å². The zero-order valence-corrected chi connectivity index (χ0v) is 17.3. The van der Waals surface area contributed by atoms with Crippen molar-refractivity contribution in [1.29, 1.82) is 0 Å². The Kier molecular flexibility index (Phi) is 7.50. The second kappa shape index (κ2) is 10.3. The minimum Gasteiger partial charge on any atom is -0.452 e. The third kappa shape index (κ3) is 6.20. The van der Waals surface area contributed by atoms with E-state index in [1.807, 2.05) is 0 Å². The van der Waals surface area contributed by atoms with Crippen molar-refractivity contribution in [3.05, 3.63) is 66.0 Å². The Bertz CT molecular complexity index is 1080. The first kappa shape index (κ1) is 22.6. The molecule has 1 N–H and O–H groups in total. The Morgan fingerprint density at radius 1 is 1.13 bits per heavy atom. The fraction of sp³-hybridized carbons (Fsp3) is 0.238. The van der Waals surface area contributed by atoms with E-state index in [9.17, 15) is 22.4 Å². The number of carbonyl (C=O) groups excluding carboxylic acids is 2. The van der Waals surface area contributed by atoms with Crippen LogP contribution in [-0.4, -0.2) is 57.5 Å². The van der Waals surface area contributed by atoms with Crippen molar-refractivity contribution in [2.24, 2.45) is 0 Å². The SMILES string of the molecule is O=C(COC(=O)/C=C/c1ccccc1F)Nc1cccc(S(=O)(=O)N2CCOCC2)c1. The number of nitrogens with zero attached hydrogens (tertiary/aromatic N) is 1. The van der Waals surface area contributed by atoms with Crippen LogP contribution in [0.25, 0.3) is 6.08 Å². The van der Waals surface area contributed by atoms with Crippen LogP contribution >= 0.6 is 0 Å². The largest absolute Gasteiger partial charge is 0.452 e. The predicted octanol–water partition coefficient (Wildman–Crippen LogP) is 2.04. The number of anilines is 1. The number of halogens is 1. The lowest BCUT2D eigenvalue weighted by Crippen LogP contribution is -2.40. The molecule has 2 aromatic rings. The predicted molar refractivity (Wildman–Crippen MR) is 111 cm³/mol. The molecule has 0 radical (unpaired) electrons. The zero-order valence-electron chi connectivity index (χ0n) is 16.5. The number of hydrogen-bond acceptors (Lipinski definition) is 6. The summed E-state index contributed by atoms with van der Waals surface area (Å²) in [5.41, 5.74) is 0.458. The molecule has 8 nitrogen and oxygen atoms in total. The van der Waals surface area contributed by atoms with Crippen LogP contribution in [0.4, 0.5) is 10.1 Å². The Morgan fingerprint density at radius 3 is 2.61 bits per heavy atom. The Morgan fingerprint density at radius 2 is 1.87 bits per heavy atom. The van der Waals surface area contributed by atoms with Crippen molar-refractivity contribution in [3.63, 3.8) is 0 Å². The Balaban J connectivity index is 1.55. The first-order chi connectivity index (χ1) is 14.9. The molecule has 1 saturated heterocycles. The minimum atomic E-state index is -3.71. The maximum absolute atomic E-state index is 13.5. The lowest BCUT2D eigenvalue weighted by Gasteiger charge is -2.26. The van der Waals surface area contributed by atoms with Crippen LogP contribution in [0.15, 0.2) is 59.5 Å². The van der Waals surface area contributed by atoms with Crippen molar-refractivity contribution in [3.8, 4) is 0 Å². The third-order valence-corrected chi connectivity index (χ3v) is 6.27. The van der Waals surface area contributed by atoms with Gasteiger partial charge in [0.25, 0.3) is 5.91 Å². The van der Waals surface area contributed by atoms with E-state index in [2.05, 4.69) is 5.32 Å². The highest BCUT2D eigenvalue weighted by molar-refractivity contribution is 7.89. The molecule has 10 heteroatoms. The van der Waals surface area contributed by atoms with Crippen LogP contribution in [0.2, 0.25) is 0 Å². The summed E-state index contributed by atoms with van der Waals surface area (Å²) in [5.74, 6) is -1.95. The van der Waals surface area contributed by atoms with Gasteiger partial charge in [0.1, 0.15) is 5.82 Å². The molecule has 2 aromatic carbocycles. The molecule has 0 unspecified atom stereocenters. The van der Waals surface area contributed by atoms with Crippen molar-refractivity contribution < 1.29 is 31.9 Å². The van der Waals surface area contributed by atoms with Gasteiger partial charge in [0.05, 0.1) is 18.1 Å². The van der Waals surface area contributed by atoms with Crippen LogP contribution in [0.3, 0.4) is 0 Å². The number of nitrogens with one attached hydrogen (secondary N) is 1. The summed E-state index contributed by atoms with van der Waals surface area (Å²) in [6.07, 6.45) is 2.26. The monoisotopic (exact) mass is 448 g/mol. The molecule has 1 aliphatic rings. The number of ether oxygens (including phenoxy) is 2. The van der Waals surface area contributed by atoms with Gasteiger partial charge in [-0.05, 0) is 30.3 Å². The average molecular weight is 448 g/mol. The summed E-state index contributed by atoms with van der Waals surface area (Å²) in [5, 5.41) is 2.49. The molecule has 0 aromatic heterocycles. The number of esters is 1. The summed E-state index contributed by atoms with van der Waals surface area (Å²) in [6.45, 7) is 0.587. The molecule has 0 saturated carbocycles. The maximum atomic E-state index is 13.5. The van der Waals surface area contributed by atoms with E-state index in [0.717, 1.165) is 6.08 Å². The molecule has 1 amide bonds. The summed E-state index contributed by atoms with van der Waals surface area (Å²) < 4.78 is 50.3. The van der Waals surface area contributed by atoms with Crippen LogP contribution in [0.5, 0.6) is 0 Å². The lowest BCUT2D eigenvalue weighted by molar-refractivity contribution is -0.142. The molecular formula is C21H21FN2O6S. The average Bonchev–Trinajstić information content (AvgIpc) is 2.78. The summed E-state index contributed by atoms with van der Waals surface area (Å²) in [6, 6.07) is 11.7. The Labute approximate surface area is 179 Å². The maximum Gasteiger partial charge on any atom is 0.331 e. The third-order valence-electron chi connectivity index (χ3n) is 4.38. The van der Waals surface area contributed by atoms with E-state index < -0.39 is 34.3 Å². The molecule has 3 rings (SSSR count). The highest BCUT2D eigenvalue weighted by atomic mass is 32.2. The summed E-state index contributed by atoms with van der Waals surface area (Å²) >= 11 is 0. The number of rotatable bonds is 7.